The van der Waals surface area contributed by atoms with E-state index in [1.165, 1.54) is 45.0 Å². The van der Waals surface area contributed by atoms with Gasteiger partial charge in [0.1, 0.15) is 0 Å². The number of carbonyl (C=O) groups excluding carboxylic acids is 3. The van der Waals surface area contributed by atoms with Gasteiger partial charge < -0.3 is 24.8 Å². The molecule has 0 radical (unpaired) electrons. The number of amides is 2. The van der Waals surface area contributed by atoms with Crippen molar-refractivity contribution in [2.75, 3.05) is 31.1 Å². The van der Waals surface area contributed by atoms with Crippen molar-refractivity contribution in [1.29, 1.82) is 0 Å². The number of rotatable bonds is 9. The van der Waals surface area contributed by atoms with Gasteiger partial charge in [0, 0.05) is 22.9 Å². The van der Waals surface area contributed by atoms with Crippen LogP contribution in [0.3, 0.4) is 0 Å². The normalized spacial score (nSPS) is 14.2. The van der Waals surface area contributed by atoms with Gasteiger partial charge in [0.25, 0.3) is 5.91 Å². The molecule has 0 spiro atoms. The molecule has 1 atom stereocenters. The summed E-state index contributed by atoms with van der Waals surface area (Å²) in [5, 5.41) is 5.63. The highest BCUT2D eigenvalue weighted by Gasteiger charge is 2.27. The summed E-state index contributed by atoms with van der Waals surface area (Å²) in [7, 11) is 2.92. The lowest BCUT2D eigenvalue weighted by atomic mass is 10.1. The molecule has 1 aliphatic carbocycles. The van der Waals surface area contributed by atoms with E-state index in [1.807, 2.05) is 24.5 Å². The van der Waals surface area contributed by atoms with Gasteiger partial charge in [0.2, 0.25) is 5.91 Å². The smallest absolute Gasteiger partial charge is 0.341 e. The van der Waals surface area contributed by atoms with E-state index in [9.17, 15) is 14.4 Å². The fourth-order valence-corrected chi connectivity index (χ4v) is 4.39. The molecular weight excluding hydrogens is 456 g/mol. The Bertz CT molecular complexity index is 1050. The van der Waals surface area contributed by atoms with Crippen LogP contribution in [0.2, 0.25) is 0 Å². The molecule has 1 fully saturated rings. The van der Waals surface area contributed by atoms with Crippen molar-refractivity contribution < 1.29 is 28.6 Å². The maximum absolute atomic E-state index is 13.1. The number of para-hydroxylation sites is 1. The lowest BCUT2D eigenvalue weighted by Crippen LogP contribution is -2.30. The molecule has 34 heavy (non-hydrogen) atoms. The van der Waals surface area contributed by atoms with E-state index in [-0.39, 0.29) is 23.1 Å². The van der Waals surface area contributed by atoms with Crippen molar-refractivity contribution in [3.05, 3.63) is 42.0 Å². The largest absolute Gasteiger partial charge is 0.493 e. The van der Waals surface area contributed by atoms with Gasteiger partial charge in [-0.3, -0.25) is 9.59 Å². The monoisotopic (exact) mass is 486 g/mol. The first-order chi connectivity index (χ1) is 16.4. The van der Waals surface area contributed by atoms with Crippen LogP contribution in [0.1, 0.15) is 43.0 Å². The average Bonchev–Trinajstić information content (AvgIpc) is 3.39. The van der Waals surface area contributed by atoms with Crippen LogP contribution in [0.25, 0.3) is 0 Å². The van der Waals surface area contributed by atoms with Crippen LogP contribution in [-0.4, -0.2) is 44.4 Å². The van der Waals surface area contributed by atoms with Crippen molar-refractivity contribution in [3.8, 4) is 11.5 Å². The topological polar surface area (TPSA) is 103 Å². The van der Waals surface area contributed by atoms with Crippen LogP contribution in [0.15, 0.2) is 41.3 Å². The minimum Gasteiger partial charge on any atom is -0.493 e. The second-order valence-corrected chi connectivity index (χ2v) is 8.81. The Balaban J connectivity index is 1.79. The predicted molar refractivity (Wildman–Crippen MR) is 132 cm³/mol. The van der Waals surface area contributed by atoms with Crippen molar-refractivity contribution in [3.63, 3.8) is 0 Å². The molecule has 3 rings (SSSR count). The zero-order valence-corrected chi connectivity index (χ0v) is 20.6. The third-order valence-electron chi connectivity index (χ3n) is 5.75. The van der Waals surface area contributed by atoms with E-state index in [4.69, 9.17) is 14.2 Å². The Morgan fingerprint density at radius 1 is 0.971 bits per heavy atom. The van der Waals surface area contributed by atoms with Gasteiger partial charge in [-0.15, -0.1) is 11.8 Å². The Morgan fingerprint density at radius 3 is 2.26 bits per heavy atom. The Morgan fingerprint density at radius 2 is 1.62 bits per heavy atom. The van der Waals surface area contributed by atoms with Crippen LogP contribution in [0.4, 0.5) is 11.4 Å². The minimum atomic E-state index is -1.08. The summed E-state index contributed by atoms with van der Waals surface area (Å²) in [6.45, 7) is 1.49. The highest BCUT2D eigenvalue weighted by atomic mass is 32.2. The number of nitrogens with one attached hydrogen (secondary N) is 2. The van der Waals surface area contributed by atoms with Gasteiger partial charge in [0.15, 0.2) is 17.6 Å². The van der Waals surface area contributed by atoms with Gasteiger partial charge in [-0.2, -0.15) is 0 Å². The minimum absolute atomic E-state index is 0.0770. The Hall–Kier alpha value is -3.20. The molecule has 2 aromatic carbocycles. The molecule has 182 valence electrons. The lowest BCUT2D eigenvalue weighted by molar-refractivity contribution is -0.124. The number of hydrogen-bond acceptors (Lipinski definition) is 7. The summed E-state index contributed by atoms with van der Waals surface area (Å²) >= 11 is 1.50. The van der Waals surface area contributed by atoms with Crippen molar-refractivity contribution in [2.24, 2.45) is 5.92 Å². The highest BCUT2D eigenvalue weighted by molar-refractivity contribution is 7.98. The maximum Gasteiger partial charge on any atom is 0.341 e. The lowest BCUT2D eigenvalue weighted by Gasteiger charge is -2.19. The fraction of sp³-hybridized carbons (Fsp3) is 0.400. The number of ether oxygens (including phenoxy) is 3. The van der Waals surface area contributed by atoms with Gasteiger partial charge in [-0.25, -0.2) is 4.79 Å². The Kier molecular flexibility index (Phi) is 8.81. The van der Waals surface area contributed by atoms with Crippen LogP contribution in [0, 0.1) is 5.92 Å². The number of benzene rings is 2. The summed E-state index contributed by atoms with van der Waals surface area (Å²) in [6, 6.07) is 10.3. The number of hydrogen-bond donors (Lipinski definition) is 2. The van der Waals surface area contributed by atoms with E-state index in [0.717, 1.165) is 30.6 Å². The summed E-state index contributed by atoms with van der Waals surface area (Å²) in [5.41, 5.74) is 0.964. The molecule has 1 saturated carbocycles. The predicted octanol–water partition coefficient (Wildman–Crippen LogP) is 4.74. The molecule has 1 aliphatic rings. The molecule has 1 unspecified atom stereocenters. The second-order valence-electron chi connectivity index (χ2n) is 7.96. The summed E-state index contributed by atoms with van der Waals surface area (Å²) < 4.78 is 16.1. The zero-order chi connectivity index (χ0) is 24.7. The highest BCUT2D eigenvalue weighted by Crippen LogP contribution is 2.35. The van der Waals surface area contributed by atoms with Crippen molar-refractivity contribution in [1.82, 2.24) is 0 Å². The van der Waals surface area contributed by atoms with E-state index < -0.39 is 18.0 Å². The molecule has 8 nitrogen and oxygen atoms in total. The van der Waals surface area contributed by atoms with E-state index >= 15 is 0 Å². The molecule has 0 heterocycles. The molecule has 2 N–H and O–H groups in total. The van der Waals surface area contributed by atoms with E-state index in [1.54, 1.807) is 6.07 Å². The molecule has 0 bridgehead atoms. The summed E-state index contributed by atoms with van der Waals surface area (Å²) in [5.74, 6) is -0.814. The van der Waals surface area contributed by atoms with Crippen molar-refractivity contribution in [2.45, 2.75) is 43.6 Å². The van der Waals surface area contributed by atoms with Crippen LogP contribution in [0.5, 0.6) is 11.5 Å². The third-order valence-corrected chi connectivity index (χ3v) is 6.54. The molecular formula is C25H30N2O6S. The fourth-order valence-electron chi connectivity index (χ4n) is 3.83. The Labute approximate surface area is 203 Å². The van der Waals surface area contributed by atoms with Crippen molar-refractivity contribution >= 4 is 40.9 Å². The third kappa shape index (κ3) is 6.02. The van der Waals surface area contributed by atoms with Crippen LogP contribution < -0.4 is 20.1 Å². The number of thioether (sulfide) groups is 1. The maximum atomic E-state index is 13.1. The first kappa shape index (κ1) is 25.4. The molecule has 2 amide bonds. The first-order valence-electron chi connectivity index (χ1n) is 11.1. The van der Waals surface area contributed by atoms with Crippen LogP contribution in [-0.2, 0) is 14.3 Å². The number of methoxy groups -OCH3 is 2. The number of anilines is 2. The first-order valence-corrected chi connectivity index (χ1v) is 12.3. The van der Waals surface area contributed by atoms with Gasteiger partial charge in [0.05, 0.1) is 31.2 Å². The quantitative estimate of drug-likeness (QED) is 0.390. The molecule has 2 aromatic rings. The molecule has 0 aromatic heterocycles. The average molecular weight is 487 g/mol. The zero-order valence-electron chi connectivity index (χ0n) is 19.8. The number of esters is 1. The summed E-state index contributed by atoms with van der Waals surface area (Å²) in [4.78, 5) is 39.4. The van der Waals surface area contributed by atoms with Crippen LogP contribution >= 0.6 is 11.8 Å². The van der Waals surface area contributed by atoms with E-state index in [2.05, 4.69) is 10.6 Å². The van der Waals surface area contributed by atoms with Gasteiger partial charge >= 0.3 is 5.97 Å². The van der Waals surface area contributed by atoms with E-state index in [0.29, 0.717) is 17.2 Å². The second kappa shape index (κ2) is 11.8. The van der Waals surface area contributed by atoms with Gasteiger partial charge in [-0.1, -0.05) is 25.0 Å². The molecule has 0 aliphatic heterocycles. The number of carbonyl (C=O) groups is 3. The summed E-state index contributed by atoms with van der Waals surface area (Å²) in [6.07, 6.45) is 4.47. The molecule has 0 saturated heterocycles. The van der Waals surface area contributed by atoms with Gasteiger partial charge in [-0.05, 0) is 38.2 Å². The molecule has 9 heteroatoms. The standard InChI is InChI=1S/C25H30N2O6S/c1-15(23(28)26-18-11-7-8-12-22(18)34-4)33-25(30)17-13-20(31-2)21(32-3)14-19(17)27-24(29)16-9-5-6-10-16/h7-8,11-16H,5-6,9-10H2,1-4H3,(H,26,28)(H,27,29). The SMILES string of the molecule is COc1cc(NC(=O)C2CCCC2)c(C(=O)OC(C)C(=O)Nc2ccccc2SC)cc1OC.